The van der Waals surface area contributed by atoms with Gasteiger partial charge in [-0.2, -0.15) is 0 Å². The summed E-state index contributed by atoms with van der Waals surface area (Å²) < 4.78 is 0. The summed E-state index contributed by atoms with van der Waals surface area (Å²) in [6.07, 6.45) is 7.69. The van der Waals surface area contributed by atoms with Crippen molar-refractivity contribution >= 4 is 22.6 Å². The van der Waals surface area contributed by atoms with Crippen LogP contribution in [0.4, 0.5) is 5.69 Å². The molecule has 3 atom stereocenters. The van der Waals surface area contributed by atoms with Gasteiger partial charge in [0.05, 0.1) is 17.5 Å². The second-order valence-corrected chi connectivity index (χ2v) is 9.88. The van der Waals surface area contributed by atoms with Gasteiger partial charge >= 0.3 is 0 Å². The molecule has 6 rings (SSSR count). The van der Waals surface area contributed by atoms with Crippen molar-refractivity contribution in [2.75, 3.05) is 24.6 Å². The average Bonchev–Trinajstić information content (AvgIpc) is 3.25. The van der Waals surface area contributed by atoms with Gasteiger partial charge in [0.25, 0.3) is 0 Å². The van der Waals surface area contributed by atoms with Gasteiger partial charge in [-0.15, -0.1) is 0 Å². The highest BCUT2D eigenvalue weighted by Gasteiger charge is 2.55. The highest BCUT2D eigenvalue weighted by molar-refractivity contribution is 6.08. The van der Waals surface area contributed by atoms with Gasteiger partial charge < -0.3 is 15.0 Å². The fraction of sp³-hybridized carbons (Fsp3) is 0.480. The molecule has 2 N–H and O–H groups in total. The van der Waals surface area contributed by atoms with Crippen LogP contribution in [-0.4, -0.2) is 45.5 Å². The van der Waals surface area contributed by atoms with Gasteiger partial charge in [-0.3, -0.25) is 4.79 Å². The summed E-state index contributed by atoms with van der Waals surface area (Å²) in [5.74, 6) is 1.95. The van der Waals surface area contributed by atoms with Crippen LogP contribution in [0.1, 0.15) is 43.0 Å². The van der Waals surface area contributed by atoms with E-state index >= 15 is 0 Å². The van der Waals surface area contributed by atoms with E-state index in [1.807, 2.05) is 0 Å². The number of aromatic nitrogens is 3. The largest absolute Gasteiger partial charge is 0.396 e. The molecule has 1 aliphatic heterocycles. The SMILES string of the molecule is CC1(C(=O)c2c[nH]c3ncc(-c4cccc(N5C[C@@H]6C(CO)[C@@H]6C5)c4)nc23)CCCC1. The standard InChI is InChI=1S/C25H28N4O2/c1-25(7-2-3-8-25)23(31)17-10-26-24-22(17)28-21(11-27-24)15-5-4-6-16(9-15)29-12-18-19(13-29)20(18)14-30/h4-6,9-11,18-20,30H,2-3,7-8,12-14H2,1H3,(H,26,27)/t18-,19+,20?. The summed E-state index contributed by atoms with van der Waals surface area (Å²) in [6.45, 7) is 4.43. The van der Waals surface area contributed by atoms with Crippen LogP contribution in [0.25, 0.3) is 22.4 Å². The Balaban J connectivity index is 1.31. The Hall–Kier alpha value is -2.73. The molecule has 1 saturated heterocycles. The number of benzene rings is 1. The minimum atomic E-state index is -0.282. The lowest BCUT2D eigenvalue weighted by molar-refractivity contribution is 0.0825. The van der Waals surface area contributed by atoms with Crippen molar-refractivity contribution in [1.82, 2.24) is 15.0 Å². The third-order valence-corrected chi connectivity index (χ3v) is 7.97. The molecule has 1 aromatic carbocycles. The van der Waals surface area contributed by atoms with Gasteiger partial charge in [-0.1, -0.05) is 31.9 Å². The number of Topliss-reactive ketones (excluding diaryl/α,β-unsaturated/α-hetero) is 1. The summed E-state index contributed by atoms with van der Waals surface area (Å²) in [6, 6.07) is 8.42. The van der Waals surface area contributed by atoms with Crippen molar-refractivity contribution in [3.63, 3.8) is 0 Å². The first-order valence-electron chi connectivity index (χ1n) is 11.4. The van der Waals surface area contributed by atoms with Crippen LogP contribution in [0.5, 0.6) is 0 Å². The molecule has 0 radical (unpaired) electrons. The monoisotopic (exact) mass is 416 g/mol. The number of carbonyl (C=O) groups is 1. The van der Waals surface area contributed by atoms with E-state index < -0.39 is 0 Å². The van der Waals surface area contributed by atoms with Gasteiger partial charge in [-0.05, 0) is 42.7 Å². The van der Waals surface area contributed by atoms with E-state index in [0.717, 1.165) is 50.0 Å². The Morgan fingerprint density at radius 1 is 1.26 bits per heavy atom. The number of nitrogens with zero attached hydrogens (tertiary/aromatic N) is 3. The molecule has 3 heterocycles. The van der Waals surface area contributed by atoms with Crippen LogP contribution in [0.15, 0.2) is 36.7 Å². The molecule has 2 aliphatic carbocycles. The second-order valence-electron chi connectivity index (χ2n) is 9.88. The molecule has 2 saturated carbocycles. The van der Waals surface area contributed by atoms with Gasteiger partial charge in [-0.25, -0.2) is 9.97 Å². The van der Waals surface area contributed by atoms with Crippen LogP contribution in [0, 0.1) is 23.2 Å². The van der Waals surface area contributed by atoms with Crippen molar-refractivity contribution in [3.8, 4) is 11.3 Å². The van der Waals surface area contributed by atoms with Crippen LogP contribution >= 0.6 is 0 Å². The van der Waals surface area contributed by atoms with E-state index in [1.165, 1.54) is 5.69 Å². The molecule has 1 unspecified atom stereocenters. The third kappa shape index (κ3) is 2.99. The highest BCUT2D eigenvalue weighted by atomic mass is 16.3. The van der Waals surface area contributed by atoms with Crippen molar-refractivity contribution in [2.45, 2.75) is 32.6 Å². The Labute approximate surface area is 181 Å². The van der Waals surface area contributed by atoms with Gasteiger partial charge in [0.2, 0.25) is 0 Å². The number of rotatable bonds is 5. The molecule has 2 aromatic heterocycles. The summed E-state index contributed by atoms with van der Waals surface area (Å²) in [5.41, 5.74) is 4.71. The van der Waals surface area contributed by atoms with E-state index in [1.54, 1.807) is 12.4 Å². The minimum absolute atomic E-state index is 0.186. The zero-order valence-electron chi connectivity index (χ0n) is 17.8. The van der Waals surface area contributed by atoms with Crippen molar-refractivity contribution < 1.29 is 9.90 Å². The molecule has 3 fully saturated rings. The number of ketones is 1. The lowest BCUT2D eigenvalue weighted by atomic mass is 9.81. The number of fused-ring (bicyclic) bond motifs is 2. The van der Waals surface area contributed by atoms with Crippen molar-refractivity contribution in [1.29, 1.82) is 0 Å². The first-order valence-corrected chi connectivity index (χ1v) is 11.4. The van der Waals surface area contributed by atoms with Crippen LogP contribution < -0.4 is 4.90 Å². The maximum absolute atomic E-state index is 13.3. The first kappa shape index (κ1) is 19.0. The molecule has 6 heteroatoms. The first-order chi connectivity index (χ1) is 15.1. The van der Waals surface area contributed by atoms with E-state index in [0.29, 0.717) is 41.1 Å². The van der Waals surface area contributed by atoms with Gasteiger partial charge in [0.15, 0.2) is 11.4 Å². The van der Waals surface area contributed by atoms with E-state index in [2.05, 4.69) is 46.1 Å². The van der Waals surface area contributed by atoms with Crippen LogP contribution in [-0.2, 0) is 0 Å². The number of hydrogen-bond acceptors (Lipinski definition) is 5. The molecule has 160 valence electrons. The Morgan fingerprint density at radius 3 is 2.77 bits per heavy atom. The summed E-state index contributed by atoms with van der Waals surface area (Å²) >= 11 is 0. The Bertz CT molecular complexity index is 1150. The van der Waals surface area contributed by atoms with E-state index in [4.69, 9.17) is 4.98 Å². The number of nitrogens with one attached hydrogen (secondary N) is 1. The number of aromatic amines is 1. The molecular formula is C25H28N4O2. The smallest absolute Gasteiger partial charge is 0.172 e. The molecule has 0 amide bonds. The molecule has 0 bridgehead atoms. The molecule has 3 aliphatic rings. The number of aliphatic hydroxyl groups excluding tert-OH is 1. The number of H-pyrrole nitrogens is 1. The topological polar surface area (TPSA) is 82.1 Å². The quantitative estimate of drug-likeness (QED) is 0.613. The fourth-order valence-corrected chi connectivity index (χ4v) is 5.90. The third-order valence-electron chi connectivity index (χ3n) is 7.97. The van der Waals surface area contributed by atoms with E-state index in [9.17, 15) is 9.90 Å². The Morgan fingerprint density at radius 2 is 2.03 bits per heavy atom. The zero-order chi connectivity index (χ0) is 21.2. The maximum atomic E-state index is 13.3. The predicted molar refractivity (Wildman–Crippen MR) is 120 cm³/mol. The number of aliphatic hydroxyl groups is 1. The zero-order valence-corrected chi connectivity index (χ0v) is 17.8. The lowest BCUT2D eigenvalue weighted by Crippen LogP contribution is -2.24. The highest BCUT2D eigenvalue weighted by Crippen LogP contribution is 2.52. The van der Waals surface area contributed by atoms with Crippen molar-refractivity contribution in [3.05, 3.63) is 42.2 Å². The van der Waals surface area contributed by atoms with E-state index in [-0.39, 0.29) is 11.2 Å². The minimum Gasteiger partial charge on any atom is -0.396 e. The summed E-state index contributed by atoms with van der Waals surface area (Å²) in [5, 5.41) is 9.42. The molecule has 31 heavy (non-hydrogen) atoms. The molecule has 3 aromatic rings. The van der Waals surface area contributed by atoms with Crippen LogP contribution in [0.3, 0.4) is 0 Å². The summed E-state index contributed by atoms with van der Waals surface area (Å²) in [4.78, 5) is 28.3. The number of carbonyl (C=O) groups excluding carboxylic acids is 1. The Kier molecular flexibility index (Phi) is 4.22. The molecule has 0 spiro atoms. The van der Waals surface area contributed by atoms with Crippen LogP contribution in [0.2, 0.25) is 0 Å². The average molecular weight is 417 g/mol. The van der Waals surface area contributed by atoms with Gasteiger partial charge in [0.1, 0.15) is 5.52 Å². The number of piperidine rings is 1. The molecule has 6 nitrogen and oxygen atoms in total. The normalized spacial score (nSPS) is 26.4. The second kappa shape index (κ2) is 6.89. The predicted octanol–water partition coefficient (Wildman–Crippen LogP) is 4.06. The molecular weight excluding hydrogens is 388 g/mol. The number of anilines is 1. The lowest BCUT2D eigenvalue weighted by Gasteiger charge is -2.22. The van der Waals surface area contributed by atoms with Crippen molar-refractivity contribution in [2.24, 2.45) is 23.2 Å². The summed E-state index contributed by atoms with van der Waals surface area (Å²) in [7, 11) is 0. The maximum Gasteiger partial charge on any atom is 0.172 e. The number of hydrogen-bond donors (Lipinski definition) is 2. The fourth-order valence-electron chi connectivity index (χ4n) is 5.90. The van der Waals surface area contributed by atoms with Gasteiger partial charge in [0, 0.05) is 42.6 Å².